The van der Waals surface area contributed by atoms with Gasteiger partial charge in [-0.05, 0) is 49.1 Å². The van der Waals surface area contributed by atoms with Crippen molar-refractivity contribution in [2.45, 2.75) is 45.1 Å². The Morgan fingerprint density at radius 3 is 2.61 bits per heavy atom. The van der Waals surface area contributed by atoms with Crippen molar-refractivity contribution in [1.82, 2.24) is 5.32 Å². The summed E-state index contributed by atoms with van der Waals surface area (Å²) >= 11 is 3.39. The Morgan fingerprint density at radius 1 is 1.28 bits per heavy atom. The minimum Gasteiger partial charge on any atom is -0.310 e. The maximum atomic E-state index is 13.5. The van der Waals surface area contributed by atoms with E-state index in [9.17, 15) is 4.39 Å². The number of nitrogens with one attached hydrogen (secondary N) is 1. The lowest BCUT2D eigenvalue weighted by molar-refractivity contribution is 0.274. The summed E-state index contributed by atoms with van der Waals surface area (Å²) < 4.78 is 14.4. The van der Waals surface area contributed by atoms with Gasteiger partial charge >= 0.3 is 0 Å². The van der Waals surface area contributed by atoms with Crippen molar-refractivity contribution in [2.24, 2.45) is 5.92 Å². The summed E-state index contributed by atoms with van der Waals surface area (Å²) in [4.78, 5) is 0. The van der Waals surface area contributed by atoms with Crippen LogP contribution < -0.4 is 5.32 Å². The van der Waals surface area contributed by atoms with Gasteiger partial charge < -0.3 is 5.32 Å². The molecule has 0 heterocycles. The maximum absolute atomic E-state index is 13.5. The molecule has 2 rings (SSSR count). The number of benzene rings is 1. The minimum absolute atomic E-state index is 0.155. The van der Waals surface area contributed by atoms with E-state index >= 15 is 0 Å². The third-order valence-electron chi connectivity index (χ3n) is 3.79. The second-order valence-electron chi connectivity index (χ2n) is 5.14. The minimum atomic E-state index is -0.155. The second-order valence-corrected chi connectivity index (χ2v) is 6.05. The summed E-state index contributed by atoms with van der Waals surface area (Å²) in [6, 6.07) is 5.53. The molecule has 1 fully saturated rings. The topological polar surface area (TPSA) is 12.0 Å². The molecule has 1 nitrogen and oxygen atoms in total. The molecule has 1 aromatic carbocycles. The lowest BCUT2D eigenvalue weighted by atomic mass is 9.81. The fraction of sp³-hybridized carbons (Fsp3) is 0.600. The van der Waals surface area contributed by atoms with Gasteiger partial charge in [0.05, 0.1) is 0 Å². The quantitative estimate of drug-likeness (QED) is 0.840. The lowest BCUT2D eigenvalue weighted by Gasteiger charge is -2.31. The molecule has 0 saturated heterocycles. The second kappa shape index (κ2) is 6.67. The molecular formula is C15H21BrFN. The molecule has 0 spiro atoms. The summed E-state index contributed by atoms with van der Waals surface area (Å²) in [5.41, 5.74) is 1.08. The zero-order valence-electron chi connectivity index (χ0n) is 10.9. The van der Waals surface area contributed by atoms with Gasteiger partial charge in [-0.25, -0.2) is 4.39 Å². The molecule has 0 radical (unpaired) electrons. The maximum Gasteiger partial charge on any atom is 0.124 e. The first-order valence-corrected chi connectivity index (χ1v) is 7.69. The molecule has 100 valence electrons. The van der Waals surface area contributed by atoms with Crippen molar-refractivity contribution in [3.63, 3.8) is 0 Å². The highest BCUT2D eigenvalue weighted by molar-refractivity contribution is 9.10. The van der Waals surface area contributed by atoms with Crippen LogP contribution in [0.4, 0.5) is 4.39 Å². The van der Waals surface area contributed by atoms with Crippen LogP contribution in [-0.4, -0.2) is 6.54 Å². The van der Waals surface area contributed by atoms with Gasteiger partial charge in [0.1, 0.15) is 5.82 Å². The Hall–Kier alpha value is -0.410. The van der Waals surface area contributed by atoms with Crippen LogP contribution in [-0.2, 0) is 0 Å². The van der Waals surface area contributed by atoms with Crippen LogP contribution in [0, 0.1) is 11.7 Å². The molecule has 1 aliphatic rings. The van der Waals surface area contributed by atoms with Crippen molar-refractivity contribution in [3.8, 4) is 0 Å². The smallest absolute Gasteiger partial charge is 0.124 e. The van der Waals surface area contributed by atoms with E-state index in [1.807, 2.05) is 6.07 Å². The van der Waals surface area contributed by atoms with Crippen molar-refractivity contribution < 1.29 is 4.39 Å². The fourth-order valence-corrected chi connectivity index (χ4v) is 3.48. The van der Waals surface area contributed by atoms with E-state index in [4.69, 9.17) is 0 Å². The molecule has 1 saturated carbocycles. The molecule has 0 aromatic heterocycles. The van der Waals surface area contributed by atoms with Crippen LogP contribution in [0.1, 0.15) is 50.6 Å². The highest BCUT2D eigenvalue weighted by Crippen LogP contribution is 2.35. The van der Waals surface area contributed by atoms with Crippen molar-refractivity contribution >= 4 is 15.9 Å². The summed E-state index contributed by atoms with van der Waals surface area (Å²) in [5.74, 6) is 0.491. The summed E-state index contributed by atoms with van der Waals surface area (Å²) in [7, 11) is 0. The van der Waals surface area contributed by atoms with Crippen LogP contribution in [0.2, 0.25) is 0 Å². The Bertz CT molecular complexity index is 368. The van der Waals surface area contributed by atoms with Gasteiger partial charge in [0, 0.05) is 10.5 Å². The standard InChI is InChI=1S/C15H21BrFN/c1-2-18-15(11-6-4-3-5-7-11)12-8-13(16)10-14(17)9-12/h8-11,15,18H,2-7H2,1H3. The Morgan fingerprint density at radius 2 is 2.00 bits per heavy atom. The summed E-state index contributed by atoms with van der Waals surface area (Å²) in [6.45, 7) is 3.04. The van der Waals surface area contributed by atoms with E-state index < -0.39 is 0 Å². The van der Waals surface area contributed by atoms with E-state index in [2.05, 4.69) is 28.2 Å². The average Bonchev–Trinajstić information content (AvgIpc) is 2.36. The zero-order valence-corrected chi connectivity index (χ0v) is 12.5. The number of halogens is 2. The normalized spacial score (nSPS) is 18.8. The molecule has 0 aliphatic heterocycles. The van der Waals surface area contributed by atoms with Crippen molar-refractivity contribution in [3.05, 3.63) is 34.1 Å². The summed E-state index contributed by atoms with van der Waals surface area (Å²) in [5, 5.41) is 3.54. The van der Waals surface area contributed by atoms with Crippen LogP contribution in [0.3, 0.4) is 0 Å². The Labute approximate surface area is 117 Å². The third kappa shape index (κ3) is 3.55. The van der Waals surface area contributed by atoms with Crippen LogP contribution >= 0.6 is 15.9 Å². The van der Waals surface area contributed by atoms with E-state index in [1.54, 1.807) is 6.07 Å². The SMILES string of the molecule is CCNC(c1cc(F)cc(Br)c1)C1CCCCC1. The van der Waals surface area contributed by atoms with E-state index in [1.165, 1.54) is 38.2 Å². The van der Waals surface area contributed by atoms with Crippen LogP contribution in [0.15, 0.2) is 22.7 Å². The molecule has 1 unspecified atom stereocenters. The van der Waals surface area contributed by atoms with E-state index in [-0.39, 0.29) is 5.82 Å². The fourth-order valence-electron chi connectivity index (χ4n) is 3.00. The number of hydrogen-bond acceptors (Lipinski definition) is 1. The van der Waals surface area contributed by atoms with Gasteiger partial charge in [0.2, 0.25) is 0 Å². The molecule has 0 bridgehead atoms. The van der Waals surface area contributed by atoms with E-state index in [0.717, 1.165) is 16.6 Å². The summed E-state index contributed by atoms with van der Waals surface area (Å²) in [6.07, 6.45) is 6.48. The highest BCUT2D eigenvalue weighted by atomic mass is 79.9. The van der Waals surface area contributed by atoms with Gasteiger partial charge in [-0.1, -0.05) is 42.1 Å². The predicted octanol–water partition coefficient (Wildman–Crippen LogP) is 4.82. The third-order valence-corrected chi connectivity index (χ3v) is 4.25. The first-order chi connectivity index (χ1) is 8.70. The predicted molar refractivity (Wildman–Crippen MR) is 77.1 cm³/mol. The van der Waals surface area contributed by atoms with Crippen LogP contribution in [0.5, 0.6) is 0 Å². The molecule has 3 heteroatoms. The Kier molecular flexibility index (Phi) is 5.19. The average molecular weight is 314 g/mol. The molecule has 1 atom stereocenters. The van der Waals surface area contributed by atoms with Gasteiger partial charge in [0.15, 0.2) is 0 Å². The number of rotatable bonds is 4. The molecule has 0 amide bonds. The monoisotopic (exact) mass is 313 g/mol. The molecule has 18 heavy (non-hydrogen) atoms. The molecule has 1 aliphatic carbocycles. The Balaban J connectivity index is 2.22. The highest BCUT2D eigenvalue weighted by Gasteiger charge is 2.24. The number of hydrogen-bond donors (Lipinski definition) is 1. The van der Waals surface area contributed by atoms with Gasteiger partial charge in [-0.15, -0.1) is 0 Å². The lowest BCUT2D eigenvalue weighted by Crippen LogP contribution is -2.29. The molecule has 1 N–H and O–H groups in total. The van der Waals surface area contributed by atoms with Crippen molar-refractivity contribution in [2.75, 3.05) is 6.54 Å². The van der Waals surface area contributed by atoms with Gasteiger partial charge in [-0.2, -0.15) is 0 Å². The first kappa shape index (κ1) is 14.0. The zero-order chi connectivity index (χ0) is 13.0. The largest absolute Gasteiger partial charge is 0.310 e. The van der Waals surface area contributed by atoms with Crippen molar-refractivity contribution in [1.29, 1.82) is 0 Å². The first-order valence-electron chi connectivity index (χ1n) is 6.90. The molecular weight excluding hydrogens is 293 g/mol. The van der Waals surface area contributed by atoms with Gasteiger partial charge in [0.25, 0.3) is 0 Å². The van der Waals surface area contributed by atoms with E-state index in [0.29, 0.717) is 12.0 Å². The van der Waals surface area contributed by atoms with Crippen LogP contribution in [0.25, 0.3) is 0 Å². The van der Waals surface area contributed by atoms with Gasteiger partial charge in [-0.3, -0.25) is 0 Å². The molecule has 1 aromatic rings.